The fourth-order valence-electron chi connectivity index (χ4n) is 4.19. The molecule has 1 aliphatic heterocycles. The van der Waals surface area contributed by atoms with Crippen molar-refractivity contribution in [1.82, 2.24) is 8.87 Å². The SMILES string of the molecule is Cc1cc(C)c2c(c1)sc(=NC(=O)c1ccc(S(=O)(=O)N3CC(C)OC(C)C3)cc1)n2C. The summed E-state index contributed by atoms with van der Waals surface area (Å²) in [7, 11) is -1.76. The summed E-state index contributed by atoms with van der Waals surface area (Å²) in [6.07, 6.45) is -0.328. The molecule has 4 rings (SSSR count). The van der Waals surface area contributed by atoms with Crippen LogP contribution in [-0.4, -0.2) is 48.5 Å². The number of aryl methyl sites for hydroxylation is 3. The van der Waals surface area contributed by atoms with E-state index in [0.717, 1.165) is 21.3 Å². The van der Waals surface area contributed by atoms with Crippen molar-refractivity contribution < 1.29 is 17.9 Å². The second kappa shape index (κ2) is 8.55. The molecule has 2 atom stereocenters. The maximum absolute atomic E-state index is 13.0. The Kier molecular flexibility index (Phi) is 6.10. The van der Waals surface area contributed by atoms with E-state index in [1.807, 2.05) is 39.3 Å². The first-order valence-electron chi connectivity index (χ1n) is 10.5. The minimum atomic E-state index is -3.65. The number of nitrogens with zero attached hydrogens (tertiary/aromatic N) is 3. The Labute approximate surface area is 192 Å². The number of carbonyl (C=O) groups is 1. The standard InChI is InChI=1S/C23H27N3O4S2/c1-14-10-15(2)21-20(11-14)31-23(25(21)5)24-22(27)18-6-8-19(9-7-18)32(28,29)26-12-16(3)30-17(4)13-26/h6-11,16-17H,12-13H2,1-5H3. The molecule has 0 bridgehead atoms. The van der Waals surface area contributed by atoms with Crippen LogP contribution in [0.5, 0.6) is 0 Å². The van der Waals surface area contributed by atoms with Crippen LogP contribution >= 0.6 is 11.3 Å². The first-order valence-corrected chi connectivity index (χ1v) is 12.7. The van der Waals surface area contributed by atoms with Gasteiger partial charge in [0.2, 0.25) is 10.0 Å². The topological polar surface area (TPSA) is 81.0 Å². The normalized spacial score (nSPS) is 20.7. The minimum Gasteiger partial charge on any atom is -0.373 e. The van der Waals surface area contributed by atoms with Crippen LogP contribution in [-0.2, 0) is 21.8 Å². The predicted octanol–water partition coefficient (Wildman–Crippen LogP) is 3.40. The van der Waals surface area contributed by atoms with Crippen LogP contribution in [0.1, 0.15) is 35.3 Å². The maximum atomic E-state index is 13.0. The first kappa shape index (κ1) is 22.8. The fraction of sp³-hybridized carbons (Fsp3) is 0.391. The highest BCUT2D eigenvalue weighted by molar-refractivity contribution is 7.89. The van der Waals surface area contributed by atoms with Crippen LogP contribution in [0.4, 0.5) is 0 Å². The van der Waals surface area contributed by atoms with Gasteiger partial charge in [0.25, 0.3) is 5.91 Å². The molecule has 0 radical (unpaired) electrons. The summed E-state index contributed by atoms with van der Waals surface area (Å²) in [5.74, 6) is -0.404. The number of benzene rings is 2. The van der Waals surface area contributed by atoms with Gasteiger partial charge in [-0.3, -0.25) is 4.79 Å². The molecule has 0 N–H and O–H groups in total. The zero-order valence-corrected chi connectivity index (χ0v) is 20.5. The summed E-state index contributed by atoms with van der Waals surface area (Å²) in [6.45, 7) is 8.43. The molecule has 2 unspecified atom stereocenters. The highest BCUT2D eigenvalue weighted by atomic mass is 32.2. The molecule has 2 aromatic carbocycles. The minimum absolute atomic E-state index is 0.161. The molecule has 9 heteroatoms. The highest BCUT2D eigenvalue weighted by Crippen LogP contribution is 2.23. The zero-order valence-electron chi connectivity index (χ0n) is 18.8. The van der Waals surface area contributed by atoms with Gasteiger partial charge in [0.05, 0.1) is 27.3 Å². The number of ether oxygens (including phenoxy) is 1. The maximum Gasteiger partial charge on any atom is 0.279 e. The molecule has 1 amide bonds. The Hall–Kier alpha value is -2.33. The third kappa shape index (κ3) is 4.30. The van der Waals surface area contributed by atoms with E-state index < -0.39 is 15.9 Å². The number of aromatic nitrogens is 1. The third-order valence-electron chi connectivity index (χ3n) is 5.56. The van der Waals surface area contributed by atoms with Gasteiger partial charge in [-0.2, -0.15) is 9.30 Å². The molecule has 1 fully saturated rings. The number of fused-ring (bicyclic) bond motifs is 1. The quantitative estimate of drug-likeness (QED) is 0.584. The second-order valence-electron chi connectivity index (χ2n) is 8.39. The van der Waals surface area contributed by atoms with Gasteiger partial charge in [-0.25, -0.2) is 8.42 Å². The van der Waals surface area contributed by atoms with Crippen LogP contribution in [0.25, 0.3) is 10.2 Å². The molecule has 32 heavy (non-hydrogen) atoms. The fourth-order valence-corrected chi connectivity index (χ4v) is 6.97. The van der Waals surface area contributed by atoms with Crippen molar-refractivity contribution >= 4 is 37.5 Å². The third-order valence-corrected chi connectivity index (χ3v) is 8.48. The van der Waals surface area contributed by atoms with Crippen molar-refractivity contribution in [3.8, 4) is 0 Å². The average molecular weight is 474 g/mol. The molecule has 3 aromatic rings. The molecule has 1 saturated heterocycles. The number of rotatable bonds is 3. The van der Waals surface area contributed by atoms with Gasteiger partial charge in [0.1, 0.15) is 0 Å². The molecule has 7 nitrogen and oxygen atoms in total. The van der Waals surface area contributed by atoms with Crippen molar-refractivity contribution in [3.63, 3.8) is 0 Å². The summed E-state index contributed by atoms with van der Waals surface area (Å²) in [5, 5.41) is 0. The lowest BCUT2D eigenvalue weighted by Crippen LogP contribution is -2.48. The Morgan fingerprint density at radius 2 is 1.72 bits per heavy atom. The van der Waals surface area contributed by atoms with E-state index >= 15 is 0 Å². The van der Waals surface area contributed by atoms with E-state index in [9.17, 15) is 13.2 Å². The number of carbonyl (C=O) groups excluding carboxylic acids is 1. The Bertz CT molecular complexity index is 1340. The second-order valence-corrected chi connectivity index (χ2v) is 11.3. The van der Waals surface area contributed by atoms with E-state index in [1.165, 1.54) is 39.9 Å². The zero-order chi connectivity index (χ0) is 23.2. The number of thiazole rings is 1. The van der Waals surface area contributed by atoms with Crippen LogP contribution < -0.4 is 4.80 Å². The van der Waals surface area contributed by atoms with Crippen LogP contribution in [0.3, 0.4) is 0 Å². The van der Waals surface area contributed by atoms with Gasteiger partial charge in [0.15, 0.2) is 4.80 Å². The van der Waals surface area contributed by atoms with Gasteiger partial charge >= 0.3 is 0 Å². The molecule has 0 aliphatic carbocycles. The highest BCUT2D eigenvalue weighted by Gasteiger charge is 2.32. The number of morpholine rings is 1. The van der Waals surface area contributed by atoms with Crippen LogP contribution in [0, 0.1) is 13.8 Å². The number of amides is 1. The largest absolute Gasteiger partial charge is 0.373 e. The summed E-state index contributed by atoms with van der Waals surface area (Å²) < 4.78 is 36.1. The van der Waals surface area contributed by atoms with Gasteiger partial charge in [-0.05, 0) is 69.2 Å². The smallest absolute Gasteiger partial charge is 0.279 e. The Morgan fingerprint density at radius 1 is 1.09 bits per heavy atom. The molecule has 1 aliphatic rings. The lowest BCUT2D eigenvalue weighted by molar-refractivity contribution is -0.0440. The predicted molar refractivity (Wildman–Crippen MR) is 125 cm³/mol. The molecule has 170 valence electrons. The van der Waals surface area contributed by atoms with E-state index in [1.54, 1.807) is 0 Å². The van der Waals surface area contributed by atoms with E-state index in [0.29, 0.717) is 23.5 Å². The lowest BCUT2D eigenvalue weighted by Gasteiger charge is -2.34. The summed E-state index contributed by atoms with van der Waals surface area (Å²) in [6, 6.07) is 10.2. The summed E-state index contributed by atoms with van der Waals surface area (Å²) in [5.41, 5.74) is 3.70. The van der Waals surface area contributed by atoms with Gasteiger partial charge in [-0.1, -0.05) is 17.4 Å². The van der Waals surface area contributed by atoms with Crippen molar-refractivity contribution in [2.24, 2.45) is 12.0 Å². The molecule has 1 aromatic heterocycles. The first-order chi connectivity index (χ1) is 15.1. The van der Waals surface area contributed by atoms with Gasteiger partial charge in [0, 0.05) is 25.7 Å². The molecule has 2 heterocycles. The van der Waals surface area contributed by atoms with Crippen molar-refractivity contribution in [2.45, 2.75) is 44.8 Å². The van der Waals surface area contributed by atoms with E-state index in [4.69, 9.17) is 4.74 Å². The van der Waals surface area contributed by atoms with Crippen LogP contribution in [0.15, 0.2) is 46.3 Å². The van der Waals surface area contributed by atoms with E-state index in [-0.39, 0.29) is 17.1 Å². The summed E-state index contributed by atoms with van der Waals surface area (Å²) in [4.78, 5) is 17.9. The number of hydrogen-bond donors (Lipinski definition) is 0. The van der Waals surface area contributed by atoms with E-state index in [2.05, 4.69) is 17.1 Å². The average Bonchev–Trinajstić information content (AvgIpc) is 3.02. The Balaban J connectivity index is 1.62. The molecular weight excluding hydrogens is 446 g/mol. The van der Waals surface area contributed by atoms with Crippen molar-refractivity contribution in [2.75, 3.05) is 13.1 Å². The monoisotopic (exact) mass is 473 g/mol. The number of sulfonamides is 1. The Morgan fingerprint density at radius 3 is 2.34 bits per heavy atom. The van der Waals surface area contributed by atoms with Crippen LogP contribution in [0.2, 0.25) is 0 Å². The molecule has 0 spiro atoms. The lowest BCUT2D eigenvalue weighted by atomic mass is 10.1. The molecular formula is C23H27N3O4S2. The van der Waals surface area contributed by atoms with Gasteiger partial charge < -0.3 is 9.30 Å². The number of hydrogen-bond acceptors (Lipinski definition) is 5. The molecule has 0 saturated carbocycles. The van der Waals surface area contributed by atoms with Crippen molar-refractivity contribution in [1.29, 1.82) is 0 Å². The summed E-state index contributed by atoms with van der Waals surface area (Å²) >= 11 is 1.46. The van der Waals surface area contributed by atoms with Crippen molar-refractivity contribution in [3.05, 3.63) is 57.9 Å². The van der Waals surface area contributed by atoms with Gasteiger partial charge in [-0.15, -0.1) is 0 Å².